The molecule has 1 amide bonds. The molecule has 0 radical (unpaired) electrons. The molecule has 0 fully saturated rings. The van der Waals surface area contributed by atoms with Crippen LogP contribution in [0.15, 0.2) is 29.4 Å². The Morgan fingerprint density at radius 1 is 1.53 bits per heavy atom. The third-order valence-corrected chi connectivity index (χ3v) is 2.74. The van der Waals surface area contributed by atoms with E-state index in [1.807, 2.05) is 0 Å². The highest BCUT2D eigenvalue weighted by Crippen LogP contribution is 2.28. The fourth-order valence-electron chi connectivity index (χ4n) is 1.76. The molecule has 1 aliphatic rings. The first-order valence-corrected chi connectivity index (χ1v) is 5.72. The van der Waals surface area contributed by atoms with Crippen molar-refractivity contribution in [2.75, 3.05) is 25.6 Å². The summed E-state index contributed by atoms with van der Waals surface area (Å²) in [6.07, 6.45) is 4.93. The van der Waals surface area contributed by atoms with Crippen LogP contribution in [-0.2, 0) is 0 Å². The van der Waals surface area contributed by atoms with Gasteiger partial charge < -0.3 is 15.0 Å². The van der Waals surface area contributed by atoms with E-state index in [1.54, 1.807) is 17.2 Å². The van der Waals surface area contributed by atoms with Crippen LogP contribution in [0.3, 0.4) is 0 Å². The summed E-state index contributed by atoms with van der Waals surface area (Å²) in [5.74, 6) is -0.679. The summed E-state index contributed by atoms with van der Waals surface area (Å²) in [5, 5.41) is 2.40. The largest absolute Gasteiger partial charge is 0.497 e. The molecular weight excluding hydrogens is 249 g/mol. The lowest BCUT2D eigenvalue weighted by atomic mass is 10.1. The predicted octanol–water partition coefficient (Wildman–Crippen LogP) is 1.56. The number of nitrogens with zero attached hydrogens (tertiary/aromatic N) is 2. The van der Waals surface area contributed by atoms with Gasteiger partial charge in [0.2, 0.25) is 0 Å². The Morgan fingerprint density at radius 2 is 2.32 bits per heavy atom. The van der Waals surface area contributed by atoms with Crippen LogP contribution in [0.25, 0.3) is 0 Å². The minimum absolute atomic E-state index is 0.0557. The molecule has 0 atom stereocenters. The highest BCUT2D eigenvalue weighted by molar-refractivity contribution is 5.97. The smallest absolute Gasteiger partial charge is 0.254 e. The van der Waals surface area contributed by atoms with Crippen molar-refractivity contribution in [2.24, 2.45) is 4.99 Å². The molecule has 1 aliphatic heterocycles. The van der Waals surface area contributed by atoms with E-state index in [0.29, 0.717) is 12.3 Å². The number of hydrogen-bond donors (Lipinski definition) is 1. The van der Waals surface area contributed by atoms with Gasteiger partial charge in [0, 0.05) is 25.9 Å². The van der Waals surface area contributed by atoms with Gasteiger partial charge in [-0.25, -0.2) is 9.38 Å². The third-order valence-electron chi connectivity index (χ3n) is 2.74. The molecular formula is C13H14FN3O2. The highest BCUT2D eigenvalue weighted by atomic mass is 19.1. The number of aliphatic imine (C=N–C) groups is 1. The second-order valence-corrected chi connectivity index (χ2v) is 3.89. The van der Waals surface area contributed by atoms with E-state index < -0.39 is 11.7 Å². The first-order chi connectivity index (χ1) is 9.17. The van der Waals surface area contributed by atoms with E-state index in [0.717, 1.165) is 0 Å². The number of carbonyl (C=O) groups is 1. The quantitative estimate of drug-likeness (QED) is 0.900. The van der Waals surface area contributed by atoms with Crippen molar-refractivity contribution in [2.45, 2.75) is 0 Å². The van der Waals surface area contributed by atoms with Gasteiger partial charge in [-0.3, -0.25) is 4.79 Å². The van der Waals surface area contributed by atoms with Crippen molar-refractivity contribution in [3.05, 3.63) is 35.8 Å². The van der Waals surface area contributed by atoms with Crippen LogP contribution in [0.2, 0.25) is 0 Å². The van der Waals surface area contributed by atoms with Gasteiger partial charge in [-0.15, -0.1) is 0 Å². The van der Waals surface area contributed by atoms with Gasteiger partial charge in [-0.05, 0) is 12.1 Å². The molecule has 0 bridgehead atoms. The van der Waals surface area contributed by atoms with E-state index in [1.165, 1.54) is 32.6 Å². The Hall–Kier alpha value is -2.37. The van der Waals surface area contributed by atoms with Gasteiger partial charge >= 0.3 is 0 Å². The second kappa shape index (κ2) is 5.51. The molecule has 0 aliphatic carbocycles. The zero-order valence-corrected chi connectivity index (χ0v) is 10.7. The SMILES string of the molecule is CNC(=O)c1cc(OC)cc(N2C=NC=CC2)c1F. The van der Waals surface area contributed by atoms with Crippen LogP contribution in [0, 0.1) is 5.82 Å². The average molecular weight is 263 g/mol. The number of rotatable bonds is 3. The maximum Gasteiger partial charge on any atom is 0.254 e. The van der Waals surface area contributed by atoms with Crippen LogP contribution in [0.4, 0.5) is 10.1 Å². The van der Waals surface area contributed by atoms with E-state index in [9.17, 15) is 9.18 Å². The Morgan fingerprint density at radius 3 is 2.89 bits per heavy atom. The van der Waals surface area contributed by atoms with Crippen LogP contribution >= 0.6 is 0 Å². The van der Waals surface area contributed by atoms with Gasteiger partial charge in [-0.1, -0.05) is 0 Å². The minimum atomic E-state index is -0.595. The molecule has 0 saturated heterocycles. The first-order valence-electron chi connectivity index (χ1n) is 5.72. The fraction of sp³-hybridized carbons (Fsp3) is 0.231. The van der Waals surface area contributed by atoms with Gasteiger partial charge in [0.1, 0.15) is 5.75 Å². The predicted molar refractivity (Wildman–Crippen MR) is 71.3 cm³/mol. The normalized spacial score (nSPS) is 13.5. The number of ether oxygens (including phenoxy) is 1. The van der Waals surface area contributed by atoms with Crippen molar-refractivity contribution >= 4 is 17.9 Å². The van der Waals surface area contributed by atoms with Crippen molar-refractivity contribution in [3.8, 4) is 5.75 Å². The monoisotopic (exact) mass is 263 g/mol. The van der Waals surface area contributed by atoms with E-state index in [4.69, 9.17) is 4.74 Å². The molecule has 1 aromatic rings. The third kappa shape index (κ3) is 2.57. The molecule has 5 nitrogen and oxygen atoms in total. The molecule has 0 spiro atoms. The van der Waals surface area contributed by atoms with Gasteiger partial charge in [0.25, 0.3) is 5.91 Å². The fourth-order valence-corrected chi connectivity index (χ4v) is 1.76. The molecule has 0 aromatic heterocycles. The number of methoxy groups -OCH3 is 1. The maximum absolute atomic E-state index is 14.4. The van der Waals surface area contributed by atoms with E-state index >= 15 is 0 Å². The average Bonchev–Trinajstić information content (AvgIpc) is 2.47. The van der Waals surface area contributed by atoms with Crippen molar-refractivity contribution in [1.82, 2.24) is 5.32 Å². The molecule has 0 unspecified atom stereocenters. The number of hydrogen-bond acceptors (Lipinski definition) is 4. The van der Waals surface area contributed by atoms with Crippen molar-refractivity contribution in [1.29, 1.82) is 0 Å². The van der Waals surface area contributed by atoms with Gasteiger partial charge in [-0.2, -0.15) is 0 Å². The molecule has 6 heteroatoms. The number of benzene rings is 1. The summed E-state index contributed by atoms with van der Waals surface area (Å²) in [6, 6.07) is 2.90. The molecule has 1 N–H and O–H groups in total. The summed E-state index contributed by atoms with van der Waals surface area (Å²) in [4.78, 5) is 17.2. The zero-order chi connectivity index (χ0) is 13.8. The van der Waals surface area contributed by atoms with Crippen LogP contribution in [-0.4, -0.2) is 32.9 Å². The Kier molecular flexibility index (Phi) is 3.79. The van der Waals surface area contributed by atoms with Gasteiger partial charge in [0.15, 0.2) is 5.82 Å². The van der Waals surface area contributed by atoms with E-state index in [-0.39, 0.29) is 11.3 Å². The summed E-state index contributed by atoms with van der Waals surface area (Å²) in [7, 11) is 2.92. The lowest BCUT2D eigenvalue weighted by Gasteiger charge is -2.21. The van der Waals surface area contributed by atoms with E-state index in [2.05, 4.69) is 10.3 Å². The number of anilines is 1. The van der Waals surface area contributed by atoms with Crippen LogP contribution < -0.4 is 15.0 Å². The summed E-state index contributed by atoms with van der Waals surface area (Å²) in [6.45, 7) is 0.487. The molecule has 2 rings (SSSR count). The van der Waals surface area contributed by atoms with Crippen molar-refractivity contribution < 1.29 is 13.9 Å². The second-order valence-electron chi connectivity index (χ2n) is 3.89. The molecule has 1 heterocycles. The Labute approximate surface area is 110 Å². The molecule has 1 aromatic carbocycles. The molecule has 19 heavy (non-hydrogen) atoms. The minimum Gasteiger partial charge on any atom is -0.497 e. The lowest BCUT2D eigenvalue weighted by molar-refractivity contribution is 0.0959. The molecule has 100 valence electrons. The summed E-state index contributed by atoms with van der Waals surface area (Å²) >= 11 is 0. The van der Waals surface area contributed by atoms with Gasteiger partial charge in [0.05, 0.1) is 24.7 Å². The Balaban J connectivity index is 2.50. The topological polar surface area (TPSA) is 53.9 Å². The maximum atomic E-state index is 14.4. The van der Waals surface area contributed by atoms with Crippen LogP contribution in [0.1, 0.15) is 10.4 Å². The standard InChI is InChI=1S/C13H14FN3O2/c1-15-13(18)10-6-9(19-2)7-11(12(10)14)17-5-3-4-16-8-17/h3-4,6-8H,5H2,1-2H3,(H,15,18). The number of halogens is 1. The number of nitrogens with one attached hydrogen (secondary N) is 1. The number of carbonyl (C=O) groups excluding carboxylic acids is 1. The van der Waals surface area contributed by atoms with Crippen LogP contribution in [0.5, 0.6) is 5.75 Å². The molecule has 0 saturated carbocycles. The Bertz CT molecular complexity index is 555. The summed E-state index contributed by atoms with van der Waals surface area (Å²) < 4.78 is 19.5. The highest BCUT2D eigenvalue weighted by Gasteiger charge is 2.20. The number of amides is 1. The first kappa shape index (κ1) is 13.1. The zero-order valence-electron chi connectivity index (χ0n) is 10.7. The summed E-state index contributed by atoms with van der Waals surface area (Å²) in [5.41, 5.74) is 0.200. The van der Waals surface area contributed by atoms with Crippen molar-refractivity contribution in [3.63, 3.8) is 0 Å². The lowest BCUT2D eigenvalue weighted by Crippen LogP contribution is -2.26.